The zero-order valence-corrected chi connectivity index (χ0v) is 10.4. The lowest BCUT2D eigenvalue weighted by molar-refractivity contribution is 0.0706. The van der Waals surface area contributed by atoms with E-state index in [2.05, 4.69) is 0 Å². The number of carbonyl (C=O) groups is 1. The molecule has 1 amide bonds. The van der Waals surface area contributed by atoms with E-state index in [1.54, 1.807) is 6.07 Å². The van der Waals surface area contributed by atoms with Crippen molar-refractivity contribution in [1.29, 1.82) is 0 Å². The molecule has 1 aromatic carbocycles. The lowest BCUT2D eigenvalue weighted by Gasteiger charge is -2.20. The topological polar surface area (TPSA) is 54.3 Å². The van der Waals surface area contributed by atoms with Crippen LogP contribution in [-0.2, 0) is 13.0 Å². The van der Waals surface area contributed by atoms with Crippen LogP contribution in [0.2, 0.25) is 0 Å². The molecule has 0 unspecified atom stereocenters. The number of carbonyl (C=O) groups excluding carboxylic acids is 1. The van der Waals surface area contributed by atoms with Gasteiger partial charge in [0.1, 0.15) is 5.82 Å². The molecule has 0 bridgehead atoms. The average molecular weight is 260 g/mol. The van der Waals surface area contributed by atoms with Crippen LogP contribution in [0.3, 0.4) is 0 Å². The zero-order chi connectivity index (χ0) is 13.6. The molecule has 0 saturated heterocycles. The summed E-state index contributed by atoms with van der Waals surface area (Å²) in [5, 5.41) is 8.62. The minimum absolute atomic E-state index is 0.135. The number of aromatic nitrogens is 1. The van der Waals surface area contributed by atoms with Gasteiger partial charge in [-0.3, -0.25) is 10.0 Å². The first-order chi connectivity index (χ1) is 9.10. The monoisotopic (exact) mass is 260 g/mol. The molecule has 98 valence electrons. The van der Waals surface area contributed by atoms with Crippen LogP contribution in [0.15, 0.2) is 24.4 Å². The standard InChI is InChI=1S/C14H13FN2O2/c1-8-4-12-13-9(2-3-17(12)7-8)5-10(6-11(13)15)14(18)16-19/h4-7,19H,2-3H2,1H3,(H,16,18). The summed E-state index contributed by atoms with van der Waals surface area (Å²) in [4.78, 5) is 11.4. The molecule has 1 aromatic heterocycles. The molecule has 1 aliphatic heterocycles. The molecular formula is C14H13FN2O2. The maximum absolute atomic E-state index is 14.2. The summed E-state index contributed by atoms with van der Waals surface area (Å²) in [6.45, 7) is 2.73. The van der Waals surface area contributed by atoms with Crippen LogP contribution < -0.4 is 5.48 Å². The van der Waals surface area contributed by atoms with Crippen LogP contribution >= 0.6 is 0 Å². The van der Waals surface area contributed by atoms with E-state index in [-0.39, 0.29) is 5.56 Å². The first kappa shape index (κ1) is 11.9. The largest absolute Gasteiger partial charge is 0.347 e. The second-order valence-corrected chi connectivity index (χ2v) is 4.78. The maximum atomic E-state index is 14.2. The van der Waals surface area contributed by atoms with Crippen LogP contribution in [-0.4, -0.2) is 15.7 Å². The van der Waals surface area contributed by atoms with Gasteiger partial charge in [0, 0.05) is 23.9 Å². The molecule has 5 heteroatoms. The molecule has 19 heavy (non-hydrogen) atoms. The summed E-state index contributed by atoms with van der Waals surface area (Å²) >= 11 is 0. The highest BCUT2D eigenvalue weighted by molar-refractivity contribution is 5.94. The quantitative estimate of drug-likeness (QED) is 0.610. The third kappa shape index (κ3) is 1.82. The number of amides is 1. The molecule has 0 fully saturated rings. The van der Waals surface area contributed by atoms with Crippen molar-refractivity contribution in [2.75, 3.05) is 0 Å². The predicted octanol–water partition coefficient (Wildman–Crippen LogP) is 2.28. The van der Waals surface area contributed by atoms with Gasteiger partial charge >= 0.3 is 0 Å². The van der Waals surface area contributed by atoms with E-state index < -0.39 is 11.7 Å². The molecule has 4 nitrogen and oxygen atoms in total. The number of hydrogen-bond donors (Lipinski definition) is 2. The van der Waals surface area contributed by atoms with Crippen molar-refractivity contribution in [3.8, 4) is 11.3 Å². The van der Waals surface area contributed by atoms with Crippen molar-refractivity contribution in [1.82, 2.24) is 10.0 Å². The lowest BCUT2D eigenvalue weighted by atomic mass is 9.95. The number of rotatable bonds is 1. The van der Waals surface area contributed by atoms with E-state index in [0.717, 1.165) is 29.4 Å². The van der Waals surface area contributed by atoms with Gasteiger partial charge in [-0.15, -0.1) is 0 Å². The highest BCUT2D eigenvalue weighted by Gasteiger charge is 2.22. The van der Waals surface area contributed by atoms with Gasteiger partial charge < -0.3 is 4.57 Å². The number of fused-ring (bicyclic) bond motifs is 3. The Morgan fingerprint density at radius 1 is 1.42 bits per heavy atom. The molecule has 2 aromatic rings. The number of hydroxylamine groups is 1. The second kappa shape index (κ2) is 4.20. The van der Waals surface area contributed by atoms with Gasteiger partial charge in [0.2, 0.25) is 0 Å². The van der Waals surface area contributed by atoms with Crippen molar-refractivity contribution in [2.45, 2.75) is 19.9 Å². The fourth-order valence-electron chi connectivity index (χ4n) is 2.64. The first-order valence-corrected chi connectivity index (χ1v) is 6.04. The molecule has 0 atom stereocenters. The maximum Gasteiger partial charge on any atom is 0.274 e. The van der Waals surface area contributed by atoms with Crippen LogP contribution in [0.4, 0.5) is 4.39 Å². The van der Waals surface area contributed by atoms with E-state index in [0.29, 0.717) is 12.0 Å². The van der Waals surface area contributed by atoms with E-state index in [4.69, 9.17) is 5.21 Å². The third-order valence-electron chi connectivity index (χ3n) is 3.45. The van der Waals surface area contributed by atoms with Gasteiger partial charge in [-0.1, -0.05) is 0 Å². The number of hydrogen-bond acceptors (Lipinski definition) is 2. The second-order valence-electron chi connectivity index (χ2n) is 4.78. The lowest BCUT2D eigenvalue weighted by Crippen LogP contribution is -2.20. The van der Waals surface area contributed by atoms with Gasteiger partial charge in [-0.2, -0.15) is 0 Å². The van der Waals surface area contributed by atoms with Gasteiger partial charge in [-0.25, -0.2) is 9.87 Å². The Kier molecular flexibility index (Phi) is 2.64. The number of aryl methyl sites for hydroxylation is 3. The molecule has 0 saturated carbocycles. The summed E-state index contributed by atoms with van der Waals surface area (Å²) in [5.41, 5.74) is 4.93. The number of halogens is 1. The Morgan fingerprint density at radius 2 is 2.21 bits per heavy atom. The van der Waals surface area contributed by atoms with Crippen LogP contribution in [0.1, 0.15) is 21.5 Å². The van der Waals surface area contributed by atoms with E-state index in [1.807, 2.05) is 23.8 Å². The molecule has 0 radical (unpaired) electrons. The molecule has 2 N–H and O–H groups in total. The average Bonchev–Trinajstić information content (AvgIpc) is 2.77. The Morgan fingerprint density at radius 3 is 2.95 bits per heavy atom. The van der Waals surface area contributed by atoms with Gasteiger partial charge in [0.15, 0.2) is 0 Å². The first-order valence-electron chi connectivity index (χ1n) is 6.04. The molecule has 3 rings (SSSR count). The SMILES string of the molecule is Cc1cc2n(c1)CCc1cc(C(=O)NO)cc(F)c1-2. The van der Waals surface area contributed by atoms with Gasteiger partial charge in [-0.05, 0) is 42.7 Å². The van der Waals surface area contributed by atoms with Gasteiger partial charge in [0.25, 0.3) is 5.91 Å². The van der Waals surface area contributed by atoms with E-state index >= 15 is 0 Å². The Bertz CT molecular complexity index is 676. The molecular weight excluding hydrogens is 247 g/mol. The van der Waals surface area contributed by atoms with Crippen molar-refractivity contribution in [3.63, 3.8) is 0 Å². The smallest absolute Gasteiger partial charge is 0.274 e. The minimum Gasteiger partial charge on any atom is -0.347 e. The third-order valence-corrected chi connectivity index (χ3v) is 3.45. The Hall–Kier alpha value is -2.14. The van der Waals surface area contributed by atoms with Crippen molar-refractivity contribution in [2.24, 2.45) is 0 Å². The normalized spacial score (nSPS) is 12.8. The summed E-state index contributed by atoms with van der Waals surface area (Å²) in [6.07, 6.45) is 2.66. The summed E-state index contributed by atoms with van der Waals surface area (Å²) in [5.74, 6) is -1.13. The Balaban J connectivity index is 2.19. The summed E-state index contributed by atoms with van der Waals surface area (Å²) in [6, 6.07) is 4.73. The number of benzene rings is 1. The van der Waals surface area contributed by atoms with Crippen LogP contribution in [0, 0.1) is 12.7 Å². The fourth-order valence-corrected chi connectivity index (χ4v) is 2.64. The van der Waals surface area contributed by atoms with E-state index in [9.17, 15) is 9.18 Å². The van der Waals surface area contributed by atoms with Crippen LogP contribution in [0.25, 0.3) is 11.3 Å². The fraction of sp³-hybridized carbons (Fsp3) is 0.214. The highest BCUT2D eigenvalue weighted by atomic mass is 19.1. The van der Waals surface area contributed by atoms with Crippen molar-refractivity contribution < 1.29 is 14.4 Å². The highest BCUT2D eigenvalue weighted by Crippen LogP contribution is 2.34. The van der Waals surface area contributed by atoms with E-state index in [1.165, 1.54) is 5.48 Å². The molecule has 0 spiro atoms. The van der Waals surface area contributed by atoms with Crippen LogP contribution in [0.5, 0.6) is 0 Å². The molecule has 1 aliphatic rings. The molecule has 2 heterocycles. The summed E-state index contributed by atoms with van der Waals surface area (Å²) < 4.78 is 16.3. The van der Waals surface area contributed by atoms with Crippen molar-refractivity contribution >= 4 is 5.91 Å². The number of nitrogens with one attached hydrogen (secondary N) is 1. The predicted molar refractivity (Wildman–Crippen MR) is 67.5 cm³/mol. The summed E-state index contributed by atoms with van der Waals surface area (Å²) in [7, 11) is 0. The zero-order valence-electron chi connectivity index (χ0n) is 10.4. The Labute approximate surface area is 109 Å². The minimum atomic E-state index is -0.696. The van der Waals surface area contributed by atoms with Crippen molar-refractivity contribution in [3.05, 3.63) is 46.9 Å². The molecule has 0 aliphatic carbocycles. The van der Waals surface area contributed by atoms with Gasteiger partial charge in [0.05, 0.1) is 5.69 Å². The number of nitrogens with zero attached hydrogens (tertiary/aromatic N) is 1.